The van der Waals surface area contributed by atoms with Gasteiger partial charge in [-0.15, -0.1) is 0 Å². The molecule has 1 aromatic rings. The van der Waals surface area contributed by atoms with Crippen LogP contribution in [0.4, 0.5) is 5.69 Å². The fourth-order valence-electron chi connectivity index (χ4n) is 1.38. The summed E-state index contributed by atoms with van der Waals surface area (Å²) in [5, 5.41) is 2.81. The van der Waals surface area contributed by atoms with Crippen LogP contribution in [-0.4, -0.2) is 25.7 Å². The molecule has 3 N–H and O–H groups in total. The van der Waals surface area contributed by atoms with E-state index in [2.05, 4.69) is 17.2 Å². The summed E-state index contributed by atoms with van der Waals surface area (Å²) in [6, 6.07) is 5.59. The van der Waals surface area contributed by atoms with Crippen LogP contribution in [0.3, 0.4) is 0 Å². The van der Waals surface area contributed by atoms with Crippen LogP contribution >= 0.6 is 0 Å². The lowest BCUT2D eigenvalue weighted by atomic mass is 10.1. The van der Waals surface area contributed by atoms with Crippen molar-refractivity contribution in [3.8, 4) is 11.8 Å². The molecule has 0 spiro atoms. The fraction of sp³-hybridized carbons (Fsp3) is 0.357. The molecule has 96 valence electrons. The topological polar surface area (TPSA) is 64.3 Å². The zero-order valence-electron chi connectivity index (χ0n) is 10.9. The van der Waals surface area contributed by atoms with E-state index in [9.17, 15) is 4.79 Å². The Kier molecular flexibility index (Phi) is 5.37. The zero-order valence-corrected chi connectivity index (χ0v) is 10.9. The molecular formula is C14H18N2O2. The summed E-state index contributed by atoms with van der Waals surface area (Å²) in [6.07, 6.45) is -0.471. The van der Waals surface area contributed by atoms with E-state index in [1.54, 1.807) is 6.92 Å². The van der Waals surface area contributed by atoms with Gasteiger partial charge in [-0.25, -0.2) is 0 Å². The highest BCUT2D eigenvalue weighted by Gasteiger charge is 2.12. The first-order valence-corrected chi connectivity index (χ1v) is 5.71. The van der Waals surface area contributed by atoms with Gasteiger partial charge in [0.25, 0.3) is 5.91 Å². The lowest BCUT2D eigenvalue weighted by Gasteiger charge is -2.12. The molecule has 4 nitrogen and oxygen atoms in total. The first-order chi connectivity index (χ1) is 8.58. The average molecular weight is 246 g/mol. The summed E-state index contributed by atoms with van der Waals surface area (Å²) in [5.41, 5.74) is 7.92. The number of carbonyl (C=O) groups excluding carboxylic acids is 1. The van der Waals surface area contributed by atoms with Crippen LogP contribution < -0.4 is 11.1 Å². The van der Waals surface area contributed by atoms with Gasteiger partial charge in [0.1, 0.15) is 6.10 Å². The summed E-state index contributed by atoms with van der Waals surface area (Å²) < 4.78 is 4.95. The monoisotopic (exact) mass is 246 g/mol. The highest BCUT2D eigenvalue weighted by molar-refractivity contribution is 5.94. The number of carbonyl (C=O) groups is 1. The van der Waals surface area contributed by atoms with Crippen LogP contribution in [0, 0.1) is 18.8 Å². The second kappa shape index (κ2) is 6.80. The van der Waals surface area contributed by atoms with Gasteiger partial charge in [-0.05, 0) is 37.6 Å². The van der Waals surface area contributed by atoms with Gasteiger partial charge in [0.2, 0.25) is 0 Å². The molecule has 1 aromatic carbocycles. The molecule has 0 aliphatic rings. The SMILES string of the molecule is COC(C)C(=O)Nc1ccc(C#CCN)cc1C. The highest BCUT2D eigenvalue weighted by Crippen LogP contribution is 2.16. The Morgan fingerprint density at radius 2 is 2.28 bits per heavy atom. The van der Waals surface area contributed by atoms with E-state index < -0.39 is 6.10 Å². The van der Waals surface area contributed by atoms with Crippen molar-refractivity contribution in [2.75, 3.05) is 19.0 Å². The number of nitrogens with two attached hydrogens (primary N) is 1. The Bertz CT molecular complexity index is 486. The van der Waals surface area contributed by atoms with Crippen LogP contribution in [0.5, 0.6) is 0 Å². The zero-order chi connectivity index (χ0) is 13.5. The minimum absolute atomic E-state index is 0.165. The smallest absolute Gasteiger partial charge is 0.253 e. The van der Waals surface area contributed by atoms with E-state index in [0.717, 1.165) is 16.8 Å². The normalized spacial score (nSPS) is 11.3. The average Bonchev–Trinajstić information content (AvgIpc) is 2.38. The van der Waals surface area contributed by atoms with Gasteiger partial charge in [0, 0.05) is 18.4 Å². The summed E-state index contributed by atoms with van der Waals surface area (Å²) in [6.45, 7) is 3.95. The summed E-state index contributed by atoms with van der Waals surface area (Å²) in [7, 11) is 1.50. The number of hydrogen-bond acceptors (Lipinski definition) is 3. The van der Waals surface area contributed by atoms with Gasteiger partial charge in [-0.2, -0.15) is 0 Å². The van der Waals surface area contributed by atoms with E-state index in [1.807, 2.05) is 25.1 Å². The molecule has 1 unspecified atom stereocenters. The van der Waals surface area contributed by atoms with Gasteiger partial charge in [-0.3, -0.25) is 4.79 Å². The van der Waals surface area contributed by atoms with Crippen molar-refractivity contribution in [3.63, 3.8) is 0 Å². The van der Waals surface area contributed by atoms with Crippen molar-refractivity contribution >= 4 is 11.6 Å². The third-order valence-electron chi connectivity index (χ3n) is 2.54. The Morgan fingerprint density at radius 3 is 2.83 bits per heavy atom. The number of rotatable bonds is 3. The number of nitrogens with one attached hydrogen (secondary N) is 1. The first-order valence-electron chi connectivity index (χ1n) is 5.71. The van der Waals surface area contributed by atoms with Crippen molar-refractivity contribution in [1.82, 2.24) is 0 Å². The molecule has 0 aromatic heterocycles. The molecule has 1 rings (SSSR count). The number of anilines is 1. The van der Waals surface area contributed by atoms with Crippen molar-refractivity contribution in [1.29, 1.82) is 0 Å². The summed E-state index contributed by atoms with van der Waals surface area (Å²) in [4.78, 5) is 11.7. The molecule has 0 saturated carbocycles. The molecule has 1 amide bonds. The Labute approximate surface area is 108 Å². The second-order valence-corrected chi connectivity index (χ2v) is 3.90. The predicted octanol–water partition coefficient (Wildman–Crippen LogP) is 1.28. The molecule has 0 fully saturated rings. The highest BCUT2D eigenvalue weighted by atomic mass is 16.5. The molecule has 0 aliphatic heterocycles. The minimum atomic E-state index is -0.471. The molecule has 18 heavy (non-hydrogen) atoms. The Hall–Kier alpha value is -1.83. The number of ether oxygens (including phenoxy) is 1. The van der Waals surface area contributed by atoms with E-state index in [-0.39, 0.29) is 5.91 Å². The van der Waals surface area contributed by atoms with Crippen molar-refractivity contribution in [3.05, 3.63) is 29.3 Å². The third-order valence-corrected chi connectivity index (χ3v) is 2.54. The molecule has 0 radical (unpaired) electrons. The standard InChI is InChI=1S/C14H18N2O2/c1-10-9-12(5-4-8-15)6-7-13(10)16-14(17)11(2)18-3/h6-7,9,11H,8,15H2,1-3H3,(H,16,17). The first kappa shape index (κ1) is 14.2. The van der Waals surface area contributed by atoms with E-state index in [0.29, 0.717) is 6.54 Å². The van der Waals surface area contributed by atoms with Crippen LogP contribution in [-0.2, 0) is 9.53 Å². The lowest BCUT2D eigenvalue weighted by Crippen LogP contribution is -2.26. The lowest BCUT2D eigenvalue weighted by molar-refractivity contribution is -0.124. The maximum Gasteiger partial charge on any atom is 0.253 e. The van der Waals surface area contributed by atoms with E-state index >= 15 is 0 Å². The van der Waals surface area contributed by atoms with E-state index in [4.69, 9.17) is 10.5 Å². The van der Waals surface area contributed by atoms with Crippen molar-refractivity contribution in [2.24, 2.45) is 5.73 Å². The number of methoxy groups -OCH3 is 1. The Balaban J connectivity index is 2.83. The maximum absolute atomic E-state index is 11.7. The van der Waals surface area contributed by atoms with Gasteiger partial charge in [-0.1, -0.05) is 11.8 Å². The fourth-order valence-corrected chi connectivity index (χ4v) is 1.38. The van der Waals surface area contributed by atoms with E-state index in [1.165, 1.54) is 7.11 Å². The molecule has 0 aliphatic carbocycles. The van der Waals surface area contributed by atoms with Gasteiger partial charge < -0.3 is 15.8 Å². The van der Waals surface area contributed by atoms with Crippen molar-refractivity contribution < 1.29 is 9.53 Å². The molecular weight excluding hydrogens is 228 g/mol. The molecule has 0 bridgehead atoms. The van der Waals surface area contributed by atoms with Crippen LogP contribution in [0.2, 0.25) is 0 Å². The van der Waals surface area contributed by atoms with Gasteiger partial charge in [0.15, 0.2) is 0 Å². The molecule has 1 atom stereocenters. The van der Waals surface area contributed by atoms with Crippen LogP contribution in [0.25, 0.3) is 0 Å². The predicted molar refractivity (Wildman–Crippen MR) is 72.2 cm³/mol. The largest absolute Gasteiger partial charge is 0.372 e. The van der Waals surface area contributed by atoms with Crippen LogP contribution in [0.1, 0.15) is 18.1 Å². The second-order valence-electron chi connectivity index (χ2n) is 3.90. The summed E-state index contributed by atoms with van der Waals surface area (Å²) in [5.74, 6) is 5.57. The van der Waals surface area contributed by atoms with Gasteiger partial charge >= 0.3 is 0 Å². The van der Waals surface area contributed by atoms with Crippen molar-refractivity contribution in [2.45, 2.75) is 20.0 Å². The number of amides is 1. The third kappa shape index (κ3) is 3.88. The maximum atomic E-state index is 11.7. The van der Waals surface area contributed by atoms with Crippen LogP contribution in [0.15, 0.2) is 18.2 Å². The molecule has 4 heteroatoms. The molecule has 0 saturated heterocycles. The number of benzene rings is 1. The number of aryl methyl sites for hydroxylation is 1. The quantitative estimate of drug-likeness (QED) is 0.790. The van der Waals surface area contributed by atoms with Gasteiger partial charge in [0.05, 0.1) is 6.54 Å². The Morgan fingerprint density at radius 1 is 1.56 bits per heavy atom. The minimum Gasteiger partial charge on any atom is -0.372 e. The number of hydrogen-bond donors (Lipinski definition) is 2. The molecule has 0 heterocycles. The summed E-state index contributed by atoms with van der Waals surface area (Å²) >= 11 is 0.